The molecule has 0 amide bonds. The first-order chi connectivity index (χ1) is 15.2. The maximum atomic E-state index is 12.5. The van der Waals surface area contributed by atoms with Crippen molar-refractivity contribution in [3.63, 3.8) is 0 Å². The molecule has 0 fully saturated rings. The van der Waals surface area contributed by atoms with Gasteiger partial charge in [0.25, 0.3) is 5.56 Å². The van der Waals surface area contributed by atoms with E-state index >= 15 is 0 Å². The maximum Gasteiger partial charge on any atom is 0.329 e. The van der Waals surface area contributed by atoms with Crippen LogP contribution >= 0.6 is 23.4 Å². The van der Waals surface area contributed by atoms with E-state index in [2.05, 4.69) is 9.97 Å². The molecule has 2 aromatic heterocycles. The number of ether oxygens (including phenoxy) is 2. The molecule has 2 heterocycles. The predicted octanol–water partition coefficient (Wildman–Crippen LogP) is 1.56. The van der Waals surface area contributed by atoms with Crippen LogP contribution in [0.15, 0.2) is 39.0 Å². The van der Waals surface area contributed by atoms with Gasteiger partial charge in [-0.1, -0.05) is 23.4 Å². The highest BCUT2D eigenvalue weighted by Crippen LogP contribution is 2.26. The fraction of sp³-hybridized carbons (Fsp3) is 0.400. The average Bonchev–Trinajstić information content (AvgIpc) is 3.10. The molecular formula is C20H23ClN4O6S. The van der Waals surface area contributed by atoms with Crippen LogP contribution in [0.2, 0.25) is 5.02 Å². The standard InChI is InChI=1S/C20H23ClN4O6S/c1-4-30-18(28)11(2)32-20-22-16-15(17(27)23-19(29)24(16)3)25(20)9-13(26)10-31-14-7-5-12(21)6-8-14/h5-8,11,13,26H,4,9-10H2,1-3H3,(H,23,27,29)/t11-,13-/m0/s1. The number of nitrogens with one attached hydrogen (secondary N) is 1. The Morgan fingerprint density at radius 3 is 2.66 bits per heavy atom. The zero-order chi connectivity index (χ0) is 23.4. The molecule has 0 saturated heterocycles. The third-order valence-corrected chi connectivity index (χ3v) is 5.84. The van der Waals surface area contributed by atoms with E-state index in [4.69, 9.17) is 21.1 Å². The molecule has 3 aromatic rings. The molecule has 0 bridgehead atoms. The van der Waals surface area contributed by atoms with Crippen molar-refractivity contribution in [1.29, 1.82) is 0 Å². The summed E-state index contributed by atoms with van der Waals surface area (Å²) in [6.45, 7) is 3.47. The predicted molar refractivity (Wildman–Crippen MR) is 121 cm³/mol. The molecule has 32 heavy (non-hydrogen) atoms. The van der Waals surface area contributed by atoms with Gasteiger partial charge in [0.1, 0.15) is 23.7 Å². The van der Waals surface area contributed by atoms with Crippen molar-refractivity contribution in [2.45, 2.75) is 36.9 Å². The van der Waals surface area contributed by atoms with E-state index in [0.717, 1.165) is 11.8 Å². The molecule has 3 rings (SSSR count). The molecule has 2 atom stereocenters. The Balaban J connectivity index is 1.91. The molecule has 0 aliphatic heterocycles. The number of aliphatic hydroxyl groups excluding tert-OH is 1. The van der Waals surface area contributed by atoms with E-state index < -0.39 is 28.6 Å². The minimum atomic E-state index is -1.02. The normalized spacial score (nSPS) is 13.2. The van der Waals surface area contributed by atoms with Crippen LogP contribution in [0.4, 0.5) is 0 Å². The van der Waals surface area contributed by atoms with Crippen molar-refractivity contribution in [3.05, 3.63) is 50.1 Å². The van der Waals surface area contributed by atoms with Crippen LogP contribution in [0, 0.1) is 0 Å². The first kappa shape index (κ1) is 23.9. The summed E-state index contributed by atoms with van der Waals surface area (Å²) < 4.78 is 13.3. The molecule has 0 unspecified atom stereocenters. The quantitative estimate of drug-likeness (QED) is 0.347. The van der Waals surface area contributed by atoms with Crippen LogP contribution in [0.1, 0.15) is 13.8 Å². The second-order valence-corrected chi connectivity index (χ2v) is 8.67. The highest BCUT2D eigenvalue weighted by molar-refractivity contribution is 8.00. The lowest BCUT2D eigenvalue weighted by Gasteiger charge is -2.16. The van der Waals surface area contributed by atoms with Gasteiger partial charge in [-0.15, -0.1) is 0 Å². The number of aromatic amines is 1. The SMILES string of the molecule is CCOC(=O)[C@H](C)Sc1nc2c(c(=O)[nH]c(=O)n2C)n1C[C@H](O)COc1ccc(Cl)cc1. The summed E-state index contributed by atoms with van der Waals surface area (Å²) in [6.07, 6.45) is -1.02. The number of carbonyl (C=O) groups excluding carboxylic acids is 1. The fourth-order valence-corrected chi connectivity index (χ4v) is 3.97. The smallest absolute Gasteiger partial charge is 0.329 e. The molecule has 10 nitrogen and oxygen atoms in total. The van der Waals surface area contributed by atoms with Crippen molar-refractivity contribution < 1.29 is 19.4 Å². The van der Waals surface area contributed by atoms with Crippen molar-refractivity contribution in [2.75, 3.05) is 13.2 Å². The summed E-state index contributed by atoms with van der Waals surface area (Å²) in [5.74, 6) is 0.0836. The lowest BCUT2D eigenvalue weighted by Crippen LogP contribution is -2.31. The van der Waals surface area contributed by atoms with Crippen molar-refractivity contribution in [2.24, 2.45) is 7.05 Å². The topological polar surface area (TPSA) is 128 Å². The third kappa shape index (κ3) is 5.34. The van der Waals surface area contributed by atoms with E-state index in [1.165, 1.54) is 16.2 Å². The monoisotopic (exact) mass is 482 g/mol. The maximum absolute atomic E-state index is 12.5. The number of nitrogens with zero attached hydrogens (tertiary/aromatic N) is 3. The van der Waals surface area contributed by atoms with Gasteiger partial charge in [0, 0.05) is 12.1 Å². The van der Waals surface area contributed by atoms with Gasteiger partial charge in [-0.25, -0.2) is 9.78 Å². The largest absolute Gasteiger partial charge is 0.491 e. The summed E-state index contributed by atoms with van der Waals surface area (Å²) in [4.78, 5) is 43.2. The van der Waals surface area contributed by atoms with Gasteiger partial charge in [0.2, 0.25) is 0 Å². The minimum absolute atomic E-state index is 0.0523. The first-order valence-corrected chi connectivity index (χ1v) is 11.1. The van der Waals surface area contributed by atoms with Gasteiger partial charge in [0.15, 0.2) is 16.3 Å². The van der Waals surface area contributed by atoms with Crippen LogP contribution in [0.25, 0.3) is 11.2 Å². The molecule has 2 N–H and O–H groups in total. The number of thioether (sulfide) groups is 1. The second kappa shape index (κ2) is 10.2. The number of H-pyrrole nitrogens is 1. The van der Waals surface area contributed by atoms with Crippen LogP contribution in [0.3, 0.4) is 0 Å². The number of fused-ring (bicyclic) bond motifs is 1. The van der Waals surface area contributed by atoms with E-state index in [0.29, 0.717) is 10.8 Å². The minimum Gasteiger partial charge on any atom is -0.491 e. The molecule has 0 aliphatic carbocycles. The van der Waals surface area contributed by atoms with Gasteiger partial charge >= 0.3 is 11.7 Å². The van der Waals surface area contributed by atoms with Crippen LogP contribution in [-0.2, 0) is 23.1 Å². The molecule has 12 heteroatoms. The zero-order valence-electron chi connectivity index (χ0n) is 17.7. The Morgan fingerprint density at radius 1 is 1.31 bits per heavy atom. The summed E-state index contributed by atoms with van der Waals surface area (Å²) >= 11 is 6.92. The van der Waals surface area contributed by atoms with Gasteiger partial charge < -0.3 is 19.1 Å². The van der Waals surface area contributed by atoms with Gasteiger partial charge in [-0.05, 0) is 38.1 Å². The number of imidazole rings is 1. The number of aliphatic hydroxyl groups is 1. The highest BCUT2D eigenvalue weighted by Gasteiger charge is 2.24. The zero-order valence-corrected chi connectivity index (χ0v) is 19.3. The Labute approximate surface area is 192 Å². The number of halogens is 1. The molecule has 0 radical (unpaired) electrons. The Kier molecular flexibility index (Phi) is 7.64. The van der Waals surface area contributed by atoms with E-state index in [9.17, 15) is 19.5 Å². The Bertz CT molecular complexity index is 1220. The lowest BCUT2D eigenvalue weighted by molar-refractivity contribution is -0.142. The number of aromatic nitrogens is 4. The van der Waals surface area contributed by atoms with Gasteiger partial charge in [-0.3, -0.25) is 19.1 Å². The fourth-order valence-electron chi connectivity index (χ4n) is 2.93. The Hall–Kier alpha value is -2.76. The second-order valence-electron chi connectivity index (χ2n) is 6.93. The molecule has 1 aromatic carbocycles. The molecular weight excluding hydrogens is 460 g/mol. The number of benzene rings is 1. The van der Waals surface area contributed by atoms with Crippen molar-refractivity contribution in [1.82, 2.24) is 19.1 Å². The molecule has 0 aliphatic rings. The molecule has 0 saturated carbocycles. The van der Waals surface area contributed by atoms with Crippen molar-refractivity contribution in [3.8, 4) is 5.75 Å². The van der Waals surface area contributed by atoms with Crippen LogP contribution in [-0.4, -0.2) is 54.7 Å². The summed E-state index contributed by atoms with van der Waals surface area (Å²) in [7, 11) is 1.47. The number of hydrogen-bond acceptors (Lipinski definition) is 8. The molecule has 172 valence electrons. The lowest BCUT2D eigenvalue weighted by atomic mass is 10.3. The highest BCUT2D eigenvalue weighted by atomic mass is 35.5. The summed E-state index contributed by atoms with van der Waals surface area (Å²) in [5.41, 5.74) is -1.01. The number of carbonyl (C=O) groups is 1. The average molecular weight is 483 g/mol. The first-order valence-electron chi connectivity index (χ1n) is 9.80. The van der Waals surface area contributed by atoms with E-state index in [1.807, 2.05) is 0 Å². The number of aryl methyl sites for hydroxylation is 1. The summed E-state index contributed by atoms with van der Waals surface area (Å²) in [6, 6.07) is 6.67. The molecule has 0 spiro atoms. The third-order valence-electron chi connectivity index (χ3n) is 4.52. The van der Waals surface area contributed by atoms with Crippen LogP contribution in [0.5, 0.6) is 5.75 Å². The van der Waals surface area contributed by atoms with Crippen LogP contribution < -0.4 is 16.0 Å². The number of rotatable bonds is 9. The van der Waals surface area contributed by atoms with Gasteiger partial charge in [-0.2, -0.15) is 0 Å². The van der Waals surface area contributed by atoms with E-state index in [-0.39, 0.29) is 36.1 Å². The number of esters is 1. The van der Waals surface area contributed by atoms with Gasteiger partial charge in [0.05, 0.1) is 13.2 Å². The van der Waals surface area contributed by atoms with Crippen molar-refractivity contribution >= 4 is 40.5 Å². The summed E-state index contributed by atoms with van der Waals surface area (Å²) in [5, 5.41) is 10.8. The van der Waals surface area contributed by atoms with E-state index in [1.54, 1.807) is 38.1 Å². The number of hydrogen-bond donors (Lipinski definition) is 2. The Morgan fingerprint density at radius 2 is 2.00 bits per heavy atom.